The van der Waals surface area contributed by atoms with Crippen LogP contribution in [0.25, 0.3) is 0 Å². The summed E-state index contributed by atoms with van der Waals surface area (Å²) >= 11 is 3.52. The number of hydrogen-bond donors (Lipinski definition) is 2. The van der Waals surface area contributed by atoms with E-state index in [1.807, 2.05) is 25.1 Å². The fraction of sp³-hybridized carbons (Fsp3) is 0.562. The molecule has 0 saturated heterocycles. The quantitative estimate of drug-likeness (QED) is 0.871. The Kier molecular flexibility index (Phi) is 5.22. The normalized spacial score (nSPS) is 17.8. The maximum absolute atomic E-state index is 12.3. The monoisotopic (exact) mass is 338 g/mol. The average Bonchev–Trinajstić information content (AvgIpc) is 2.45. The molecule has 4 heteroatoms. The van der Waals surface area contributed by atoms with E-state index in [1.165, 1.54) is 19.3 Å². The van der Waals surface area contributed by atoms with Crippen molar-refractivity contribution in [3.05, 3.63) is 28.2 Å². The number of aryl methyl sites for hydroxylation is 1. The van der Waals surface area contributed by atoms with Crippen molar-refractivity contribution in [3.63, 3.8) is 0 Å². The summed E-state index contributed by atoms with van der Waals surface area (Å²) in [4.78, 5) is 12.3. The lowest BCUT2D eigenvalue weighted by atomic mass is 9.71. The predicted molar refractivity (Wildman–Crippen MR) is 86.7 cm³/mol. The predicted octanol–water partition coefficient (Wildman–Crippen LogP) is 4.00. The first-order valence-corrected chi connectivity index (χ1v) is 8.11. The van der Waals surface area contributed by atoms with E-state index in [0.717, 1.165) is 28.6 Å². The Labute approximate surface area is 129 Å². The third-order valence-corrected chi connectivity index (χ3v) is 5.40. The summed E-state index contributed by atoms with van der Waals surface area (Å²) in [5, 5.41) is 3.02. The number of carbonyl (C=O) groups is 1. The molecule has 3 nitrogen and oxygen atoms in total. The van der Waals surface area contributed by atoms with Gasteiger partial charge in [0.1, 0.15) is 0 Å². The van der Waals surface area contributed by atoms with Crippen LogP contribution in [0.2, 0.25) is 0 Å². The topological polar surface area (TPSA) is 55.1 Å². The first-order valence-electron chi connectivity index (χ1n) is 7.31. The number of benzene rings is 1. The summed E-state index contributed by atoms with van der Waals surface area (Å²) in [6.07, 6.45) is 6.34. The van der Waals surface area contributed by atoms with Crippen molar-refractivity contribution in [3.8, 4) is 0 Å². The minimum Gasteiger partial charge on any atom is -0.330 e. The average molecular weight is 339 g/mol. The minimum atomic E-state index is 0.0125. The molecule has 20 heavy (non-hydrogen) atoms. The summed E-state index contributed by atoms with van der Waals surface area (Å²) in [6, 6.07) is 5.89. The van der Waals surface area contributed by atoms with E-state index in [9.17, 15) is 4.79 Å². The molecule has 1 aliphatic carbocycles. The third-order valence-electron chi connectivity index (χ3n) is 4.35. The molecule has 0 aromatic heterocycles. The molecular weight excluding hydrogens is 316 g/mol. The smallest absolute Gasteiger partial charge is 0.225 e. The Morgan fingerprint density at radius 3 is 2.70 bits per heavy atom. The second-order valence-electron chi connectivity index (χ2n) is 5.93. The van der Waals surface area contributed by atoms with Gasteiger partial charge in [-0.2, -0.15) is 0 Å². The molecule has 0 atom stereocenters. The van der Waals surface area contributed by atoms with E-state index in [1.54, 1.807) is 0 Å². The van der Waals surface area contributed by atoms with Gasteiger partial charge in [0, 0.05) is 10.9 Å². The lowest BCUT2D eigenvalue weighted by Gasteiger charge is -2.35. The molecule has 0 bridgehead atoms. The third kappa shape index (κ3) is 3.61. The second kappa shape index (κ2) is 6.72. The molecule has 2 rings (SSSR count). The van der Waals surface area contributed by atoms with E-state index < -0.39 is 0 Å². The van der Waals surface area contributed by atoms with Crippen LogP contribution >= 0.6 is 15.9 Å². The second-order valence-corrected chi connectivity index (χ2v) is 6.72. The molecule has 1 aromatic carbocycles. The number of halogens is 1. The van der Waals surface area contributed by atoms with Gasteiger partial charge in [-0.1, -0.05) is 31.4 Å². The van der Waals surface area contributed by atoms with Crippen LogP contribution in [0, 0.1) is 12.3 Å². The van der Waals surface area contributed by atoms with E-state index in [2.05, 4.69) is 21.2 Å². The minimum absolute atomic E-state index is 0.0125. The van der Waals surface area contributed by atoms with Gasteiger partial charge in [0.15, 0.2) is 0 Å². The summed E-state index contributed by atoms with van der Waals surface area (Å²) in [5.41, 5.74) is 7.92. The van der Waals surface area contributed by atoms with Gasteiger partial charge in [-0.15, -0.1) is 0 Å². The lowest BCUT2D eigenvalue weighted by molar-refractivity contribution is -0.118. The van der Waals surface area contributed by atoms with E-state index in [0.29, 0.717) is 13.0 Å². The van der Waals surface area contributed by atoms with Crippen LogP contribution < -0.4 is 11.1 Å². The molecule has 1 saturated carbocycles. The molecule has 0 spiro atoms. The van der Waals surface area contributed by atoms with Crippen LogP contribution in [0.1, 0.15) is 44.1 Å². The number of anilines is 1. The molecule has 1 amide bonds. The first kappa shape index (κ1) is 15.5. The zero-order valence-corrected chi connectivity index (χ0v) is 13.6. The summed E-state index contributed by atoms with van der Waals surface area (Å²) in [5.74, 6) is 0.0728. The Morgan fingerprint density at radius 1 is 1.35 bits per heavy atom. The number of hydrogen-bond acceptors (Lipinski definition) is 2. The van der Waals surface area contributed by atoms with Crippen molar-refractivity contribution >= 4 is 27.5 Å². The first-order chi connectivity index (χ1) is 9.56. The van der Waals surface area contributed by atoms with E-state index in [-0.39, 0.29) is 11.3 Å². The molecule has 110 valence electrons. The van der Waals surface area contributed by atoms with Gasteiger partial charge in [0.2, 0.25) is 5.91 Å². The van der Waals surface area contributed by atoms with Crippen LogP contribution in [-0.2, 0) is 4.79 Å². The van der Waals surface area contributed by atoms with Crippen molar-refractivity contribution < 1.29 is 4.79 Å². The van der Waals surface area contributed by atoms with Crippen molar-refractivity contribution in [2.75, 3.05) is 11.9 Å². The van der Waals surface area contributed by atoms with Gasteiger partial charge in [-0.05, 0) is 59.3 Å². The van der Waals surface area contributed by atoms with E-state index >= 15 is 0 Å². The zero-order chi connectivity index (χ0) is 14.6. The number of nitrogens with two attached hydrogens (primary N) is 1. The van der Waals surface area contributed by atoms with Crippen molar-refractivity contribution in [1.82, 2.24) is 0 Å². The number of rotatable bonds is 4. The van der Waals surface area contributed by atoms with Gasteiger partial charge in [0.25, 0.3) is 0 Å². The van der Waals surface area contributed by atoms with Crippen LogP contribution in [0.4, 0.5) is 5.69 Å². The summed E-state index contributed by atoms with van der Waals surface area (Å²) < 4.78 is 0.957. The van der Waals surface area contributed by atoms with Crippen molar-refractivity contribution in [1.29, 1.82) is 0 Å². The summed E-state index contributed by atoms with van der Waals surface area (Å²) in [7, 11) is 0. The fourth-order valence-electron chi connectivity index (χ4n) is 3.03. The Bertz CT molecular complexity index is 481. The molecule has 0 aliphatic heterocycles. The SMILES string of the molecule is Cc1cccc(NC(=O)CC2(CN)CCCCC2)c1Br. The van der Waals surface area contributed by atoms with Crippen molar-refractivity contribution in [2.24, 2.45) is 11.1 Å². The van der Waals surface area contributed by atoms with Gasteiger partial charge >= 0.3 is 0 Å². The number of nitrogens with one attached hydrogen (secondary N) is 1. The summed E-state index contributed by atoms with van der Waals surface area (Å²) in [6.45, 7) is 2.62. The highest BCUT2D eigenvalue weighted by molar-refractivity contribution is 9.10. The molecule has 0 radical (unpaired) electrons. The Balaban J connectivity index is 2.03. The maximum atomic E-state index is 12.3. The standard InChI is InChI=1S/C16H23BrN2O/c1-12-6-5-7-13(15(12)17)19-14(20)10-16(11-18)8-3-2-4-9-16/h5-7H,2-4,8-11,18H2,1H3,(H,19,20). The molecule has 1 aromatic rings. The van der Waals surface area contributed by atoms with Crippen LogP contribution in [0.3, 0.4) is 0 Å². The maximum Gasteiger partial charge on any atom is 0.225 e. The molecule has 1 fully saturated rings. The highest BCUT2D eigenvalue weighted by atomic mass is 79.9. The van der Waals surface area contributed by atoms with Gasteiger partial charge in [-0.25, -0.2) is 0 Å². The Morgan fingerprint density at radius 2 is 2.05 bits per heavy atom. The van der Waals surface area contributed by atoms with Crippen LogP contribution in [0.15, 0.2) is 22.7 Å². The molecule has 0 heterocycles. The molecule has 0 unspecified atom stereocenters. The van der Waals surface area contributed by atoms with Crippen molar-refractivity contribution in [2.45, 2.75) is 45.4 Å². The number of amides is 1. The lowest BCUT2D eigenvalue weighted by Crippen LogP contribution is -2.36. The Hall–Kier alpha value is -0.870. The van der Waals surface area contributed by atoms with Gasteiger partial charge < -0.3 is 11.1 Å². The molecule has 1 aliphatic rings. The molecule has 3 N–H and O–H groups in total. The van der Waals surface area contributed by atoms with Gasteiger partial charge in [0.05, 0.1) is 5.69 Å². The van der Waals surface area contributed by atoms with E-state index in [4.69, 9.17) is 5.73 Å². The van der Waals surface area contributed by atoms with Gasteiger partial charge in [-0.3, -0.25) is 4.79 Å². The fourth-order valence-corrected chi connectivity index (χ4v) is 3.40. The van der Waals surface area contributed by atoms with Crippen LogP contribution in [0.5, 0.6) is 0 Å². The molecular formula is C16H23BrN2O. The highest BCUT2D eigenvalue weighted by Crippen LogP contribution is 2.38. The van der Waals surface area contributed by atoms with Crippen LogP contribution in [-0.4, -0.2) is 12.5 Å². The highest BCUT2D eigenvalue weighted by Gasteiger charge is 2.33. The zero-order valence-electron chi connectivity index (χ0n) is 12.0. The number of carbonyl (C=O) groups excluding carboxylic acids is 1. The largest absolute Gasteiger partial charge is 0.330 e.